The van der Waals surface area contributed by atoms with E-state index in [1.807, 2.05) is 18.2 Å². The fraction of sp³-hybridized carbons (Fsp3) is 0.250. The van der Waals surface area contributed by atoms with Gasteiger partial charge >= 0.3 is 0 Å². The Morgan fingerprint density at radius 1 is 1.27 bits per heavy atom. The van der Waals surface area contributed by atoms with Crippen LogP contribution in [0.3, 0.4) is 0 Å². The van der Waals surface area contributed by atoms with Crippen LogP contribution >= 0.6 is 0 Å². The lowest BCUT2D eigenvalue weighted by Gasteiger charge is -2.10. The van der Waals surface area contributed by atoms with E-state index < -0.39 is 0 Å². The number of nitrogens with one attached hydrogen (secondary N) is 2. The molecule has 1 amide bonds. The maximum atomic E-state index is 12.0. The number of hydrogen-bond donors (Lipinski definition) is 4. The van der Waals surface area contributed by atoms with Gasteiger partial charge in [-0.3, -0.25) is 4.79 Å². The SMILES string of the molecule is Nc1ccc2c(c1)NC(=O)CC/C=C/C[C@H](N)c1nc-2c[nH]1. The van der Waals surface area contributed by atoms with Crippen molar-refractivity contribution in [2.75, 3.05) is 11.1 Å². The first-order valence-electron chi connectivity index (χ1n) is 7.29. The van der Waals surface area contributed by atoms with Crippen molar-refractivity contribution in [1.82, 2.24) is 9.97 Å². The number of carbonyl (C=O) groups excluding carboxylic acids is 1. The largest absolute Gasteiger partial charge is 0.399 e. The number of imidazole rings is 1. The van der Waals surface area contributed by atoms with Gasteiger partial charge in [0.05, 0.1) is 17.4 Å². The van der Waals surface area contributed by atoms with Gasteiger partial charge in [-0.15, -0.1) is 0 Å². The smallest absolute Gasteiger partial charge is 0.224 e. The van der Waals surface area contributed by atoms with Crippen LogP contribution in [0.25, 0.3) is 11.3 Å². The highest BCUT2D eigenvalue weighted by atomic mass is 16.1. The summed E-state index contributed by atoms with van der Waals surface area (Å²) < 4.78 is 0. The van der Waals surface area contributed by atoms with E-state index in [-0.39, 0.29) is 11.9 Å². The second kappa shape index (κ2) is 6.03. The monoisotopic (exact) mass is 297 g/mol. The molecule has 0 aliphatic carbocycles. The van der Waals surface area contributed by atoms with E-state index in [1.54, 1.807) is 18.3 Å². The van der Waals surface area contributed by atoms with Gasteiger partial charge < -0.3 is 21.8 Å². The van der Waals surface area contributed by atoms with Gasteiger partial charge in [-0.25, -0.2) is 4.98 Å². The fourth-order valence-corrected chi connectivity index (χ4v) is 2.45. The van der Waals surface area contributed by atoms with Crippen molar-refractivity contribution in [1.29, 1.82) is 0 Å². The summed E-state index contributed by atoms with van der Waals surface area (Å²) in [5.74, 6) is 0.684. The first-order chi connectivity index (χ1) is 10.6. The van der Waals surface area contributed by atoms with Gasteiger partial charge in [-0.1, -0.05) is 12.2 Å². The number of carbonyl (C=O) groups is 1. The Balaban J connectivity index is 2.05. The van der Waals surface area contributed by atoms with Crippen molar-refractivity contribution >= 4 is 17.3 Å². The lowest BCUT2D eigenvalue weighted by Crippen LogP contribution is -2.12. The predicted molar refractivity (Wildman–Crippen MR) is 87.0 cm³/mol. The molecule has 0 unspecified atom stereocenters. The molecule has 114 valence electrons. The van der Waals surface area contributed by atoms with Crippen LogP contribution in [0, 0.1) is 0 Å². The van der Waals surface area contributed by atoms with E-state index in [9.17, 15) is 4.79 Å². The Hall–Kier alpha value is -2.60. The van der Waals surface area contributed by atoms with Crippen LogP contribution in [0.1, 0.15) is 31.1 Å². The zero-order chi connectivity index (χ0) is 15.5. The first kappa shape index (κ1) is 14.3. The molecule has 0 spiro atoms. The van der Waals surface area contributed by atoms with E-state index in [4.69, 9.17) is 11.5 Å². The van der Waals surface area contributed by atoms with Crippen LogP contribution in [0.15, 0.2) is 36.5 Å². The summed E-state index contributed by atoms with van der Waals surface area (Å²) in [6.07, 6.45) is 7.55. The summed E-state index contributed by atoms with van der Waals surface area (Å²) in [4.78, 5) is 19.7. The number of rotatable bonds is 0. The molecule has 1 aromatic heterocycles. The molecule has 6 nitrogen and oxygen atoms in total. The van der Waals surface area contributed by atoms with Gasteiger partial charge in [0, 0.05) is 23.9 Å². The molecule has 1 aliphatic rings. The number of nitrogens with two attached hydrogens (primary N) is 2. The third kappa shape index (κ3) is 3.01. The standard InChI is InChI=1S/C16H19N5O/c17-10-6-7-11-13(8-10)20-15(22)5-3-1-2-4-12(18)16-19-9-14(11)21-16/h1-2,6-9,12H,3-5,17-18H2,(H,19,21)(H,20,22)/b2-1+/t12-/m0/s1. The third-order valence-corrected chi connectivity index (χ3v) is 3.64. The molecule has 1 aliphatic heterocycles. The highest BCUT2D eigenvalue weighted by Gasteiger charge is 2.15. The maximum Gasteiger partial charge on any atom is 0.224 e. The van der Waals surface area contributed by atoms with E-state index in [0.29, 0.717) is 30.6 Å². The lowest BCUT2D eigenvalue weighted by atomic mass is 10.1. The number of aromatic amines is 1. The molecule has 2 heterocycles. The molecule has 1 aromatic carbocycles. The second-order valence-corrected chi connectivity index (χ2v) is 5.38. The molecular weight excluding hydrogens is 278 g/mol. The van der Waals surface area contributed by atoms with E-state index in [2.05, 4.69) is 15.3 Å². The molecule has 1 atom stereocenters. The predicted octanol–water partition coefficient (Wildman–Crippen LogP) is 2.34. The number of fused-ring (bicyclic) bond motifs is 4. The zero-order valence-corrected chi connectivity index (χ0v) is 12.2. The number of nitrogen functional groups attached to an aromatic ring is 1. The summed E-state index contributed by atoms with van der Waals surface area (Å²) in [5, 5.41) is 2.91. The van der Waals surface area contributed by atoms with Crippen molar-refractivity contribution < 1.29 is 4.79 Å². The minimum Gasteiger partial charge on any atom is -0.399 e. The molecule has 0 radical (unpaired) electrons. The van der Waals surface area contributed by atoms with Gasteiger partial charge in [0.15, 0.2) is 0 Å². The molecular formula is C16H19N5O. The summed E-state index contributed by atoms with van der Waals surface area (Å²) in [6.45, 7) is 0. The number of allylic oxidation sites excluding steroid dienone is 1. The molecule has 0 saturated heterocycles. The normalized spacial score (nSPS) is 20.0. The van der Waals surface area contributed by atoms with Gasteiger partial charge in [-0.05, 0) is 31.0 Å². The zero-order valence-electron chi connectivity index (χ0n) is 12.2. The van der Waals surface area contributed by atoms with Crippen molar-refractivity contribution in [3.05, 3.63) is 42.4 Å². The highest BCUT2D eigenvalue weighted by Crippen LogP contribution is 2.30. The number of H-pyrrole nitrogens is 1. The fourth-order valence-electron chi connectivity index (χ4n) is 2.45. The average molecular weight is 297 g/mol. The number of amides is 1. The Morgan fingerprint density at radius 3 is 3.00 bits per heavy atom. The van der Waals surface area contributed by atoms with Gasteiger partial charge in [-0.2, -0.15) is 0 Å². The Morgan fingerprint density at radius 2 is 2.14 bits per heavy atom. The van der Waals surface area contributed by atoms with Crippen LogP contribution in [-0.4, -0.2) is 15.9 Å². The number of hydrogen-bond acceptors (Lipinski definition) is 4. The lowest BCUT2D eigenvalue weighted by molar-refractivity contribution is -0.116. The highest BCUT2D eigenvalue weighted by molar-refractivity contribution is 5.95. The topological polar surface area (TPSA) is 110 Å². The number of anilines is 2. The first-order valence-corrected chi connectivity index (χ1v) is 7.29. The van der Waals surface area contributed by atoms with Crippen molar-refractivity contribution in [2.45, 2.75) is 25.3 Å². The molecule has 2 aromatic rings. The summed E-state index contributed by atoms with van der Waals surface area (Å²) in [5.41, 5.74) is 14.8. The molecule has 0 saturated carbocycles. The summed E-state index contributed by atoms with van der Waals surface area (Å²) in [7, 11) is 0. The maximum absolute atomic E-state index is 12.0. The summed E-state index contributed by atoms with van der Waals surface area (Å²) in [6, 6.07) is 5.20. The van der Waals surface area contributed by atoms with Crippen LogP contribution in [0.5, 0.6) is 0 Å². The average Bonchev–Trinajstić information content (AvgIpc) is 2.96. The van der Waals surface area contributed by atoms with E-state index in [0.717, 1.165) is 17.1 Å². The van der Waals surface area contributed by atoms with Crippen LogP contribution < -0.4 is 16.8 Å². The molecule has 22 heavy (non-hydrogen) atoms. The molecule has 6 heteroatoms. The van der Waals surface area contributed by atoms with Crippen molar-refractivity contribution in [3.8, 4) is 11.3 Å². The third-order valence-electron chi connectivity index (χ3n) is 3.64. The van der Waals surface area contributed by atoms with Gasteiger partial charge in [0.2, 0.25) is 5.91 Å². The van der Waals surface area contributed by atoms with E-state index >= 15 is 0 Å². The van der Waals surface area contributed by atoms with Gasteiger partial charge in [0.1, 0.15) is 5.82 Å². The van der Waals surface area contributed by atoms with Crippen LogP contribution in [0.2, 0.25) is 0 Å². The Bertz CT molecular complexity index is 719. The second-order valence-electron chi connectivity index (χ2n) is 5.38. The van der Waals surface area contributed by atoms with E-state index in [1.165, 1.54) is 0 Å². The molecule has 3 rings (SSSR count). The number of nitrogens with zero attached hydrogens (tertiary/aromatic N) is 1. The Labute approximate surface area is 128 Å². The summed E-state index contributed by atoms with van der Waals surface area (Å²) >= 11 is 0. The molecule has 2 bridgehead atoms. The van der Waals surface area contributed by atoms with Gasteiger partial charge in [0.25, 0.3) is 0 Å². The van der Waals surface area contributed by atoms with Crippen LogP contribution in [-0.2, 0) is 4.79 Å². The minimum atomic E-state index is -0.188. The van der Waals surface area contributed by atoms with Crippen molar-refractivity contribution in [3.63, 3.8) is 0 Å². The van der Waals surface area contributed by atoms with Crippen LogP contribution in [0.4, 0.5) is 11.4 Å². The number of aromatic nitrogens is 2. The number of benzene rings is 1. The molecule has 6 N–H and O–H groups in total. The quantitative estimate of drug-likeness (QED) is 0.442. The Kier molecular flexibility index (Phi) is 3.93. The molecule has 0 fully saturated rings. The van der Waals surface area contributed by atoms with Crippen molar-refractivity contribution in [2.24, 2.45) is 5.73 Å². The minimum absolute atomic E-state index is 0.0456.